The Kier molecular flexibility index (Phi) is 10.4. The second kappa shape index (κ2) is 15.8. The predicted octanol–water partition coefficient (Wildman–Crippen LogP) is 7.88. The first-order valence-corrected chi connectivity index (χ1v) is 23.1. The molecule has 332 valence electrons. The fourth-order valence-electron chi connectivity index (χ4n) is 11.8. The molecule has 8 atom stereocenters. The Morgan fingerprint density at radius 2 is 1.11 bits per heavy atom. The van der Waals surface area contributed by atoms with Crippen molar-refractivity contribution in [1.82, 2.24) is 40.4 Å². The zero-order chi connectivity index (χ0) is 43.9. The highest BCUT2D eigenvalue weighted by Gasteiger charge is 2.57. The Labute approximate surface area is 368 Å². The summed E-state index contributed by atoms with van der Waals surface area (Å²) in [6, 6.07) is 11.9. The van der Waals surface area contributed by atoms with Crippen LogP contribution in [-0.4, -0.2) is 92.1 Å². The molecule has 14 nitrogen and oxygen atoms in total. The van der Waals surface area contributed by atoms with Gasteiger partial charge in [0.25, 0.3) is 0 Å². The van der Waals surface area contributed by atoms with Crippen LogP contribution in [0, 0.1) is 29.1 Å². The van der Waals surface area contributed by atoms with Gasteiger partial charge < -0.3 is 39.9 Å². The number of H-pyrrole nitrogens is 2. The Balaban J connectivity index is 0.899. The number of methoxy groups -OCH3 is 2. The summed E-state index contributed by atoms with van der Waals surface area (Å²) in [6.45, 7) is 7.76. The molecule has 5 fully saturated rings. The number of carbonyl (C=O) groups excluding carboxylic acids is 4. The molecule has 0 bridgehead atoms. The molecule has 6 unspecified atom stereocenters. The van der Waals surface area contributed by atoms with Gasteiger partial charge in [-0.2, -0.15) is 0 Å². The first-order chi connectivity index (χ1) is 30.4. The molecule has 4 amide bonds. The minimum absolute atomic E-state index is 0.0781. The lowest BCUT2D eigenvalue weighted by Crippen LogP contribution is -2.52. The van der Waals surface area contributed by atoms with Crippen molar-refractivity contribution in [2.24, 2.45) is 29.1 Å². The van der Waals surface area contributed by atoms with Crippen molar-refractivity contribution < 1.29 is 28.7 Å². The Hall–Kier alpha value is -5.66. The third-order valence-electron chi connectivity index (χ3n) is 15.3. The number of ether oxygens (including phenoxy) is 2. The summed E-state index contributed by atoms with van der Waals surface area (Å²) in [5.74, 6) is 2.11. The molecule has 2 saturated heterocycles. The molecule has 63 heavy (non-hydrogen) atoms. The fraction of sp³-hybridized carbons (Fsp3) is 0.551. The van der Waals surface area contributed by atoms with E-state index in [2.05, 4.69) is 57.0 Å². The van der Waals surface area contributed by atoms with Crippen LogP contribution in [0.5, 0.6) is 0 Å². The van der Waals surface area contributed by atoms with Gasteiger partial charge in [-0.1, -0.05) is 76.9 Å². The number of amides is 4. The van der Waals surface area contributed by atoms with Gasteiger partial charge in [0, 0.05) is 17.6 Å². The van der Waals surface area contributed by atoms with Gasteiger partial charge in [0.2, 0.25) is 11.8 Å². The third kappa shape index (κ3) is 7.36. The van der Waals surface area contributed by atoms with Gasteiger partial charge in [0.1, 0.15) is 23.7 Å². The van der Waals surface area contributed by atoms with Crippen molar-refractivity contribution in [2.45, 2.75) is 128 Å². The van der Waals surface area contributed by atoms with Gasteiger partial charge in [0.15, 0.2) is 0 Å². The van der Waals surface area contributed by atoms with E-state index in [0.29, 0.717) is 11.8 Å². The number of piperidine rings is 2. The van der Waals surface area contributed by atoms with Crippen LogP contribution in [0.2, 0.25) is 0 Å². The van der Waals surface area contributed by atoms with Crippen molar-refractivity contribution in [3.63, 3.8) is 0 Å². The van der Waals surface area contributed by atoms with E-state index in [9.17, 15) is 19.2 Å². The Morgan fingerprint density at radius 3 is 1.62 bits per heavy atom. The van der Waals surface area contributed by atoms with Gasteiger partial charge >= 0.3 is 12.2 Å². The first-order valence-electron chi connectivity index (χ1n) is 23.1. The summed E-state index contributed by atoms with van der Waals surface area (Å²) >= 11 is 0. The lowest BCUT2D eigenvalue weighted by atomic mass is 9.82. The molecular formula is C49H60N8O6. The number of fused-ring (bicyclic) bond motifs is 3. The van der Waals surface area contributed by atoms with Gasteiger partial charge in [-0.15, -0.1) is 0 Å². The molecule has 10 rings (SSSR count). The number of nitrogens with zero attached hydrogens (tertiary/aromatic N) is 4. The maximum Gasteiger partial charge on any atom is 0.407 e. The smallest absolute Gasteiger partial charge is 0.407 e. The van der Waals surface area contributed by atoms with Crippen LogP contribution in [-0.2, 0) is 31.9 Å². The van der Waals surface area contributed by atoms with Crippen molar-refractivity contribution >= 4 is 24.0 Å². The van der Waals surface area contributed by atoms with E-state index >= 15 is 0 Å². The number of carbonyl (C=O) groups is 4. The number of aromatic amines is 2. The highest BCUT2D eigenvalue weighted by atomic mass is 16.5. The Bertz CT molecular complexity index is 2430. The van der Waals surface area contributed by atoms with E-state index in [1.54, 1.807) is 0 Å². The highest BCUT2D eigenvalue weighted by molar-refractivity contribution is 5.88. The number of rotatable bonds is 11. The number of alkyl carbamates (subject to hydrolysis) is 2. The summed E-state index contributed by atoms with van der Waals surface area (Å²) in [7, 11) is 2.63. The minimum Gasteiger partial charge on any atom is -0.453 e. The number of hydrogen-bond acceptors (Lipinski definition) is 8. The van der Waals surface area contributed by atoms with Gasteiger partial charge in [-0.05, 0) is 108 Å². The number of benzene rings is 2. The van der Waals surface area contributed by atoms with E-state index in [-0.39, 0.29) is 53.2 Å². The van der Waals surface area contributed by atoms with Gasteiger partial charge in [-0.25, -0.2) is 19.6 Å². The zero-order valence-corrected chi connectivity index (χ0v) is 37.2. The largest absolute Gasteiger partial charge is 0.453 e. The van der Waals surface area contributed by atoms with Crippen LogP contribution < -0.4 is 10.6 Å². The van der Waals surface area contributed by atoms with Gasteiger partial charge in [0.05, 0.1) is 50.1 Å². The second-order valence-electron chi connectivity index (χ2n) is 20.0. The summed E-state index contributed by atoms with van der Waals surface area (Å²) < 4.78 is 9.70. The number of likely N-dealkylation sites (tertiary alicyclic amines) is 2. The lowest BCUT2D eigenvalue weighted by Gasteiger charge is -2.31. The van der Waals surface area contributed by atoms with Crippen LogP contribution in [0.4, 0.5) is 9.59 Å². The number of nitrogens with one attached hydrogen (secondary N) is 4. The maximum absolute atomic E-state index is 14.1. The summed E-state index contributed by atoms with van der Waals surface area (Å²) in [5, 5.41) is 5.55. The molecule has 6 aliphatic rings. The maximum atomic E-state index is 14.1. The molecule has 4 aromatic rings. The third-order valence-corrected chi connectivity index (χ3v) is 15.3. The second-order valence-corrected chi connectivity index (χ2v) is 20.0. The molecule has 0 radical (unpaired) electrons. The SMILES string of the molecule is COC(=O)N[C@H](C(=O)N1C(c2ncc(-c3ccc(-c4ccc(-c5cnc(C6CC7CC7N6C(=O)[C@@H](NC(=O)OC)C(C)C)[nH]5)c5c4CC4(CCCC4)C5)cc3)[nH]2)CC2CC21)C(C)C. The van der Waals surface area contributed by atoms with Gasteiger partial charge in [-0.3, -0.25) is 9.59 Å². The molecule has 14 heteroatoms. The van der Waals surface area contributed by atoms with Crippen LogP contribution >= 0.6 is 0 Å². The molecular weight excluding hydrogens is 797 g/mol. The van der Waals surface area contributed by atoms with E-state index in [1.807, 2.05) is 49.9 Å². The zero-order valence-electron chi connectivity index (χ0n) is 37.2. The van der Waals surface area contributed by atoms with Crippen molar-refractivity contribution in [2.75, 3.05) is 14.2 Å². The predicted molar refractivity (Wildman–Crippen MR) is 236 cm³/mol. The summed E-state index contributed by atoms with van der Waals surface area (Å²) in [6.07, 6.45) is 13.4. The lowest BCUT2D eigenvalue weighted by molar-refractivity contribution is -0.137. The summed E-state index contributed by atoms with van der Waals surface area (Å²) in [5.41, 5.74) is 9.61. The monoisotopic (exact) mass is 856 g/mol. The first kappa shape index (κ1) is 41.4. The molecule has 4 N–H and O–H groups in total. The average Bonchev–Trinajstić information content (AvgIpc) is 3.73. The number of hydrogen-bond donors (Lipinski definition) is 4. The average molecular weight is 857 g/mol. The molecule has 2 aromatic heterocycles. The molecule has 1 spiro atoms. The van der Waals surface area contributed by atoms with Crippen molar-refractivity contribution in [3.05, 3.63) is 71.6 Å². The fourth-order valence-corrected chi connectivity index (χ4v) is 11.8. The Morgan fingerprint density at radius 1 is 0.651 bits per heavy atom. The quantitative estimate of drug-likeness (QED) is 0.118. The van der Waals surface area contributed by atoms with Crippen LogP contribution in [0.1, 0.15) is 114 Å². The standard InChI is InChI=1S/C49H60N8O6/c1-25(2)41(54-47(60)62-5)45(58)56-37-17-29(37)19-39(56)43-50-23-35(52-43)28-11-9-27(10-12-28)31-13-14-32(34-22-49(21-33(31)34)15-7-8-16-49)36-24-51-44(53-36)40-20-30-18-38(30)57(40)46(59)42(26(3)4)55-48(61)63-6/h9-14,23-26,29-30,37-42H,7-8,15-22H2,1-6H3,(H,50,52)(H,51,53)(H,54,60)(H,55,61)/t29?,30?,37?,38?,39?,40?,41-,42-/m0/s1. The van der Waals surface area contributed by atoms with E-state index in [4.69, 9.17) is 19.4 Å². The molecule has 2 aliphatic heterocycles. The van der Waals surface area contributed by atoms with Crippen LogP contribution in [0.3, 0.4) is 0 Å². The minimum atomic E-state index is -0.676. The molecule has 4 aliphatic carbocycles. The molecule has 4 heterocycles. The van der Waals surface area contributed by atoms with Crippen molar-refractivity contribution in [3.8, 4) is 33.6 Å². The van der Waals surface area contributed by atoms with E-state index in [0.717, 1.165) is 67.1 Å². The summed E-state index contributed by atoms with van der Waals surface area (Å²) in [4.78, 5) is 73.3. The topological polar surface area (TPSA) is 175 Å². The molecule has 3 saturated carbocycles. The van der Waals surface area contributed by atoms with Crippen LogP contribution in [0.15, 0.2) is 48.8 Å². The number of imidazole rings is 2. The molecule has 2 aromatic carbocycles. The van der Waals surface area contributed by atoms with E-state index < -0.39 is 24.3 Å². The normalized spacial score (nSPS) is 25.8. The van der Waals surface area contributed by atoms with Crippen LogP contribution in [0.25, 0.3) is 33.6 Å². The van der Waals surface area contributed by atoms with Crippen molar-refractivity contribution in [1.29, 1.82) is 0 Å². The number of aromatic nitrogens is 4. The van der Waals surface area contributed by atoms with E-state index in [1.165, 1.54) is 67.7 Å². The highest BCUT2D eigenvalue weighted by Crippen LogP contribution is 2.56.